The zero-order chi connectivity index (χ0) is 21.2. The van der Waals surface area contributed by atoms with Gasteiger partial charge < -0.3 is 4.90 Å². The van der Waals surface area contributed by atoms with Crippen LogP contribution in [0.2, 0.25) is 10.0 Å². The summed E-state index contributed by atoms with van der Waals surface area (Å²) in [5, 5.41) is 1.45. The number of amides is 1. The van der Waals surface area contributed by atoms with Crippen molar-refractivity contribution in [2.45, 2.75) is 4.90 Å². The Morgan fingerprint density at radius 1 is 1.03 bits per heavy atom. The van der Waals surface area contributed by atoms with Crippen molar-refractivity contribution in [3.05, 3.63) is 52.5 Å². The summed E-state index contributed by atoms with van der Waals surface area (Å²) in [7, 11) is -0.0520. The summed E-state index contributed by atoms with van der Waals surface area (Å²) in [5.74, 6) is -1.19. The standard InChI is InChI=1S/C19H19Cl2N3O3S2.ClH/c1-23(2)9-10-24(19-22-16-8-5-14(21)11-17(16)28-19)18(25)12-29(26,27)15-6-3-13(20)4-7-15;/h3-8,11H,9-10,12H2,1-2H3;1H. The molecule has 0 radical (unpaired) electrons. The largest absolute Gasteiger partial charge is 0.308 e. The van der Waals surface area contributed by atoms with Crippen molar-refractivity contribution in [3.8, 4) is 0 Å². The lowest BCUT2D eigenvalue weighted by molar-refractivity contribution is -0.116. The number of anilines is 1. The van der Waals surface area contributed by atoms with Gasteiger partial charge in [-0.2, -0.15) is 0 Å². The molecule has 0 aliphatic heterocycles. The highest BCUT2D eigenvalue weighted by atomic mass is 35.5. The second kappa shape index (κ2) is 10.3. The van der Waals surface area contributed by atoms with Crippen LogP contribution in [0.15, 0.2) is 47.4 Å². The summed E-state index contributed by atoms with van der Waals surface area (Å²) in [5.41, 5.74) is 0.706. The van der Waals surface area contributed by atoms with Crippen LogP contribution < -0.4 is 4.90 Å². The van der Waals surface area contributed by atoms with Gasteiger partial charge in [0.1, 0.15) is 5.75 Å². The average Bonchev–Trinajstić information content (AvgIpc) is 3.04. The molecule has 2 aromatic carbocycles. The van der Waals surface area contributed by atoms with Gasteiger partial charge in [-0.25, -0.2) is 13.4 Å². The third-order valence-corrected chi connectivity index (χ3v) is 7.27. The van der Waals surface area contributed by atoms with Gasteiger partial charge in [-0.05, 0) is 56.6 Å². The number of fused-ring (bicyclic) bond motifs is 1. The number of hydrogen-bond acceptors (Lipinski definition) is 6. The van der Waals surface area contributed by atoms with Crippen LogP contribution in [-0.2, 0) is 14.6 Å². The van der Waals surface area contributed by atoms with Crippen molar-refractivity contribution in [2.75, 3.05) is 37.8 Å². The maximum absolute atomic E-state index is 13.0. The normalized spacial score (nSPS) is 11.5. The molecule has 0 N–H and O–H groups in total. The molecular weight excluding hydrogens is 489 g/mol. The molecule has 1 amide bonds. The first-order valence-electron chi connectivity index (χ1n) is 8.65. The van der Waals surface area contributed by atoms with Gasteiger partial charge in [0, 0.05) is 23.1 Å². The molecular formula is C19H20Cl3N3O3S2. The number of thiazole rings is 1. The SMILES string of the molecule is CN(C)CCN(C(=O)CS(=O)(=O)c1ccc(Cl)cc1)c1nc2ccc(Cl)cc2s1.Cl. The Labute approximate surface area is 195 Å². The Hall–Kier alpha value is -1.42. The van der Waals surface area contributed by atoms with Gasteiger partial charge >= 0.3 is 0 Å². The van der Waals surface area contributed by atoms with Crippen molar-refractivity contribution in [3.63, 3.8) is 0 Å². The summed E-state index contributed by atoms with van der Waals surface area (Å²) in [6.45, 7) is 0.874. The van der Waals surface area contributed by atoms with E-state index in [0.717, 1.165) is 4.70 Å². The molecule has 1 aromatic heterocycles. The number of likely N-dealkylation sites (N-methyl/N-ethyl adjacent to an activating group) is 1. The van der Waals surface area contributed by atoms with Crippen molar-refractivity contribution in [2.24, 2.45) is 0 Å². The second-order valence-corrected chi connectivity index (χ2v) is 10.5. The van der Waals surface area contributed by atoms with Gasteiger partial charge in [0.05, 0.1) is 15.1 Å². The van der Waals surface area contributed by atoms with Gasteiger partial charge in [0.25, 0.3) is 0 Å². The molecule has 0 aliphatic carbocycles. The highest BCUT2D eigenvalue weighted by Gasteiger charge is 2.26. The number of benzene rings is 2. The minimum Gasteiger partial charge on any atom is -0.308 e. The number of halogens is 3. The van der Waals surface area contributed by atoms with E-state index in [4.69, 9.17) is 23.2 Å². The highest BCUT2D eigenvalue weighted by Crippen LogP contribution is 2.31. The van der Waals surface area contributed by atoms with Crippen molar-refractivity contribution in [1.82, 2.24) is 9.88 Å². The Morgan fingerprint density at radius 3 is 2.30 bits per heavy atom. The summed E-state index contributed by atoms with van der Waals surface area (Å²) < 4.78 is 26.2. The fraction of sp³-hybridized carbons (Fsp3) is 0.263. The van der Waals surface area contributed by atoms with E-state index in [2.05, 4.69) is 4.98 Å². The highest BCUT2D eigenvalue weighted by molar-refractivity contribution is 7.92. The average molecular weight is 509 g/mol. The van der Waals surface area contributed by atoms with E-state index in [0.29, 0.717) is 33.8 Å². The van der Waals surface area contributed by atoms with Crippen molar-refractivity contribution >= 4 is 78.0 Å². The molecule has 0 bridgehead atoms. The molecule has 162 valence electrons. The van der Waals surface area contributed by atoms with Crippen LogP contribution in [0.1, 0.15) is 0 Å². The van der Waals surface area contributed by atoms with E-state index in [1.165, 1.54) is 40.5 Å². The lowest BCUT2D eigenvalue weighted by atomic mass is 10.3. The number of hydrogen-bond donors (Lipinski definition) is 0. The van der Waals surface area contributed by atoms with Gasteiger partial charge in [-0.3, -0.25) is 9.69 Å². The molecule has 0 saturated heterocycles. The van der Waals surface area contributed by atoms with E-state index in [9.17, 15) is 13.2 Å². The Kier molecular flexibility index (Phi) is 8.50. The first kappa shape index (κ1) is 24.8. The van der Waals surface area contributed by atoms with Gasteiger partial charge in [-0.15, -0.1) is 12.4 Å². The summed E-state index contributed by atoms with van der Waals surface area (Å²) in [4.78, 5) is 20.9. The zero-order valence-electron chi connectivity index (χ0n) is 16.2. The molecule has 1 heterocycles. The van der Waals surface area contributed by atoms with Crippen molar-refractivity contribution < 1.29 is 13.2 Å². The fourth-order valence-electron chi connectivity index (χ4n) is 2.59. The summed E-state index contributed by atoms with van der Waals surface area (Å²) >= 11 is 13.2. The number of sulfone groups is 1. The minimum atomic E-state index is -3.81. The zero-order valence-corrected chi connectivity index (χ0v) is 20.2. The van der Waals surface area contributed by atoms with Crippen LogP contribution in [0.4, 0.5) is 5.13 Å². The quantitative estimate of drug-likeness (QED) is 0.473. The fourth-order valence-corrected chi connectivity index (χ4v) is 5.20. The molecule has 0 fully saturated rings. The van der Waals surface area contributed by atoms with Crippen LogP contribution >= 0.6 is 46.9 Å². The van der Waals surface area contributed by atoms with Crippen molar-refractivity contribution in [1.29, 1.82) is 0 Å². The summed E-state index contributed by atoms with van der Waals surface area (Å²) in [6, 6.07) is 11.0. The molecule has 0 spiro atoms. The van der Waals surface area contributed by atoms with E-state index in [-0.39, 0.29) is 17.3 Å². The lowest BCUT2D eigenvalue weighted by Crippen LogP contribution is -2.40. The van der Waals surface area contributed by atoms with Crippen LogP contribution in [-0.4, -0.2) is 57.1 Å². The predicted octanol–water partition coefficient (Wildman–Crippen LogP) is 4.39. The molecule has 11 heteroatoms. The Balaban J connectivity index is 0.00000320. The smallest absolute Gasteiger partial charge is 0.244 e. The van der Waals surface area contributed by atoms with Gasteiger partial charge in [0.15, 0.2) is 15.0 Å². The molecule has 0 atom stereocenters. The molecule has 30 heavy (non-hydrogen) atoms. The van der Waals surface area contributed by atoms with E-state index in [1.807, 2.05) is 19.0 Å². The number of carbonyl (C=O) groups is 1. The molecule has 6 nitrogen and oxygen atoms in total. The van der Waals surface area contributed by atoms with Crippen LogP contribution in [0, 0.1) is 0 Å². The molecule has 0 unspecified atom stereocenters. The molecule has 3 aromatic rings. The number of nitrogens with zero attached hydrogens (tertiary/aromatic N) is 3. The number of aromatic nitrogens is 1. The van der Waals surface area contributed by atoms with Crippen LogP contribution in [0.5, 0.6) is 0 Å². The monoisotopic (exact) mass is 507 g/mol. The maximum atomic E-state index is 13.0. The van der Waals surface area contributed by atoms with Crippen LogP contribution in [0.25, 0.3) is 10.2 Å². The van der Waals surface area contributed by atoms with Gasteiger partial charge in [0.2, 0.25) is 5.91 Å². The summed E-state index contributed by atoms with van der Waals surface area (Å²) in [6.07, 6.45) is 0. The first-order valence-corrected chi connectivity index (χ1v) is 11.9. The third kappa shape index (κ3) is 6.06. The third-order valence-electron chi connectivity index (χ3n) is 4.13. The van der Waals surface area contributed by atoms with E-state index < -0.39 is 21.5 Å². The molecule has 0 aliphatic rings. The molecule has 3 rings (SSSR count). The molecule has 0 saturated carbocycles. The topological polar surface area (TPSA) is 70.6 Å². The Morgan fingerprint density at radius 2 is 1.67 bits per heavy atom. The van der Waals surface area contributed by atoms with Gasteiger partial charge in [-0.1, -0.05) is 34.5 Å². The predicted molar refractivity (Wildman–Crippen MR) is 126 cm³/mol. The second-order valence-electron chi connectivity index (χ2n) is 6.67. The van der Waals surface area contributed by atoms with Crippen LogP contribution in [0.3, 0.4) is 0 Å². The first-order chi connectivity index (χ1) is 13.7. The maximum Gasteiger partial charge on any atom is 0.244 e. The van der Waals surface area contributed by atoms with E-state index >= 15 is 0 Å². The minimum absolute atomic E-state index is 0. The Bertz CT molecular complexity index is 1130. The number of carbonyl (C=O) groups excluding carboxylic acids is 1. The number of rotatable bonds is 7. The lowest BCUT2D eigenvalue weighted by Gasteiger charge is -2.22. The van der Waals surface area contributed by atoms with E-state index in [1.54, 1.807) is 18.2 Å².